The van der Waals surface area contributed by atoms with E-state index in [4.69, 9.17) is 4.52 Å². The van der Waals surface area contributed by atoms with Crippen LogP contribution in [0.1, 0.15) is 20.8 Å². The molecule has 0 radical (unpaired) electrons. The summed E-state index contributed by atoms with van der Waals surface area (Å²) in [7, 11) is 1.71. The normalized spacial score (nSPS) is 14.0. The molecule has 1 rings (SSSR count). The number of carbonyl (C=O) groups excluding carboxylic acids is 1. The molecule has 1 unspecified atom stereocenters. The number of anilines is 1. The average Bonchev–Trinajstić information content (AvgIpc) is 2.44. The van der Waals surface area contributed by atoms with Crippen molar-refractivity contribution in [3.8, 4) is 0 Å². The van der Waals surface area contributed by atoms with Gasteiger partial charge in [-0.1, -0.05) is 18.2 Å². The summed E-state index contributed by atoms with van der Waals surface area (Å²) < 4.78 is 17.9. The Morgan fingerprint density at radius 2 is 2.00 bits per heavy atom. The molecule has 1 amide bonds. The van der Waals surface area contributed by atoms with Crippen LogP contribution in [0.25, 0.3) is 0 Å². The molecule has 5 nitrogen and oxygen atoms in total. The predicted octanol–water partition coefficient (Wildman–Crippen LogP) is 3.53. The second-order valence-corrected chi connectivity index (χ2v) is 9.04. The Kier molecular flexibility index (Phi) is 7.46. The van der Waals surface area contributed by atoms with Crippen LogP contribution in [0, 0.1) is 0 Å². The minimum Gasteiger partial charge on any atom is -0.315 e. The zero-order valence-corrected chi connectivity index (χ0v) is 14.6. The topological polar surface area (TPSA) is 58.6 Å². The molecule has 0 heterocycles. The molecule has 0 spiro atoms. The first-order valence-electron chi connectivity index (χ1n) is 6.86. The number of nitrogens with one attached hydrogen (secondary N) is 1. The number of amides is 1. The maximum absolute atomic E-state index is 12.5. The van der Waals surface area contributed by atoms with Gasteiger partial charge in [-0.15, -0.1) is 0 Å². The lowest BCUT2D eigenvalue weighted by molar-refractivity contribution is -0.115. The minimum absolute atomic E-state index is 0.0249. The Labute approximate surface area is 130 Å². The third kappa shape index (κ3) is 6.22. The number of nitrogens with zero attached hydrogens (tertiary/aromatic N) is 1. The molecule has 0 aliphatic heterocycles. The fraction of sp³-hybridized carbons (Fsp3) is 0.500. The Bertz CT molecular complexity index is 496. The smallest absolute Gasteiger partial charge is 0.315 e. The fourth-order valence-corrected chi connectivity index (χ4v) is 5.54. The summed E-state index contributed by atoms with van der Waals surface area (Å²) in [5.41, 5.74) is 0.811. The highest BCUT2D eigenvalue weighted by Crippen LogP contribution is 2.56. The Morgan fingerprint density at radius 3 is 2.52 bits per heavy atom. The Morgan fingerprint density at radius 1 is 1.38 bits per heavy atom. The molecule has 0 aliphatic carbocycles. The Hall–Kier alpha value is -0.810. The number of rotatable bonds is 8. The molecule has 0 fully saturated rings. The van der Waals surface area contributed by atoms with Gasteiger partial charge in [0, 0.05) is 18.8 Å². The summed E-state index contributed by atoms with van der Waals surface area (Å²) in [5.74, 6) is -0.0146. The summed E-state index contributed by atoms with van der Waals surface area (Å²) in [6.45, 7) is 2.87. The number of para-hydroxylation sites is 1. The summed E-state index contributed by atoms with van der Waals surface area (Å²) >= 11 is 1.04. The SMILES string of the molecule is CCOP(=O)(NC(C)C)SCC(=O)N(C)c1ccccc1. The van der Waals surface area contributed by atoms with Gasteiger partial charge in [0.15, 0.2) is 0 Å². The van der Waals surface area contributed by atoms with Gasteiger partial charge in [-0.25, -0.2) is 5.09 Å². The van der Waals surface area contributed by atoms with Crippen LogP contribution in [0.5, 0.6) is 0 Å². The minimum atomic E-state index is -3.04. The van der Waals surface area contributed by atoms with Gasteiger partial charge < -0.3 is 9.42 Å². The lowest BCUT2D eigenvalue weighted by Gasteiger charge is -2.22. The molecule has 118 valence electrons. The second kappa shape index (κ2) is 8.59. The molecule has 0 saturated heterocycles. The van der Waals surface area contributed by atoms with E-state index in [0.29, 0.717) is 6.61 Å². The van der Waals surface area contributed by atoms with E-state index >= 15 is 0 Å². The summed E-state index contributed by atoms with van der Waals surface area (Å²) in [6.07, 6.45) is 0. The fourth-order valence-electron chi connectivity index (χ4n) is 1.63. The quantitative estimate of drug-likeness (QED) is 0.739. The molecule has 0 aromatic heterocycles. The van der Waals surface area contributed by atoms with Crippen molar-refractivity contribution >= 4 is 29.7 Å². The molecule has 0 saturated carbocycles. The lowest BCUT2D eigenvalue weighted by Crippen LogP contribution is -2.28. The molecule has 1 aromatic carbocycles. The first-order valence-corrected chi connectivity index (χ1v) is 10.1. The summed E-state index contributed by atoms with van der Waals surface area (Å²) in [4.78, 5) is 13.7. The first-order chi connectivity index (χ1) is 9.88. The maximum Gasteiger partial charge on any atom is 0.327 e. The standard InChI is InChI=1S/C14H23N2O3PS/c1-5-19-20(18,15-12(2)3)21-11-14(17)16(4)13-9-7-6-8-10-13/h6-10,12H,5,11H2,1-4H3,(H,15,18). The average molecular weight is 330 g/mol. The molecule has 1 atom stereocenters. The van der Waals surface area contributed by atoms with Crippen molar-refractivity contribution in [2.24, 2.45) is 0 Å². The third-order valence-electron chi connectivity index (χ3n) is 2.59. The number of hydrogen-bond acceptors (Lipinski definition) is 4. The van der Waals surface area contributed by atoms with Gasteiger partial charge in [-0.05, 0) is 44.3 Å². The summed E-state index contributed by atoms with van der Waals surface area (Å²) in [5, 5.41) is 2.92. The molecule has 1 N–H and O–H groups in total. The molecule has 0 aliphatic rings. The largest absolute Gasteiger partial charge is 0.327 e. The van der Waals surface area contributed by atoms with Crippen molar-refractivity contribution in [1.82, 2.24) is 5.09 Å². The van der Waals surface area contributed by atoms with Crippen molar-refractivity contribution in [3.63, 3.8) is 0 Å². The molecule has 1 aromatic rings. The number of hydrogen-bond donors (Lipinski definition) is 1. The third-order valence-corrected chi connectivity index (χ3v) is 6.78. The highest BCUT2D eigenvalue weighted by atomic mass is 32.7. The summed E-state index contributed by atoms with van der Waals surface area (Å²) in [6, 6.07) is 9.38. The Balaban J connectivity index is 2.63. The van der Waals surface area contributed by atoms with Crippen LogP contribution in [0.15, 0.2) is 30.3 Å². The van der Waals surface area contributed by atoms with Crippen LogP contribution in [0.4, 0.5) is 5.69 Å². The van der Waals surface area contributed by atoms with Crippen LogP contribution in [-0.2, 0) is 13.9 Å². The van der Waals surface area contributed by atoms with Crippen molar-refractivity contribution in [3.05, 3.63) is 30.3 Å². The van der Waals surface area contributed by atoms with Crippen LogP contribution in [0.2, 0.25) is 0 Å². The zero-order chi connectivity index (χ0) is 15.9. The van der Waals surface area contributed by atoms with E-state index in [-0.39, 0.29) is 17.7 Å². The first kappa shape index (κ1) is 18.2. The van der Waals surface area contributed by atoms with Gasteiger partial charge in [-0.3, -0.25) is 9.36 Å². The van der Waals surface area contributed by atoms with E-state index in [0.717, 1.165) is 17.1 Å². The number of carbonyl (C=O) groups is 1. The van der Waals surface area contributed by atoms with E-state index in [9.17, 15) is 9.36 Å². The van der Waals surface area contributed by atoms with E-state index in [1.807, 2.05) is 44.2 Å². The van der Waals surface area contributed by atoms with Gasteiger partial charge in [0.25, 0.3) is 0 Å². The predicted molar refractivity (Wildman–Crippen MR) is 89.8 cm³/mol. The van der Waals surface area contributed by atoms with Crippen molar-refractivity contribution < 1.29 is 13.9 Å². The van der Waals surface area contributed by atoms with Crippen molar-refractivity contribution in [1.29, 1.82) is 0 Å². The van der Waals surface area contributed by atoms with Gasteiger partial charge in [0.1, 0.15) is 0 Å². The van der Waals surface area contributed by atoms with Crippen LogP contribution in [-0.4, -0.2) is 31.4 Å². The molecule has 21 heavy (non-hydrogen) atoms. The van der Waals surface area contributed by atoms with Gasteiger partial charge in [0.05, 0.1) is 12.4 Å². The van der Waals surface area contributed by atoms with E-state index in [2.05, 4.69) is 5.09 Å². The highest BCUT2D eigenvalue weighted by Gasteiger charge is 2.26. The monoisotopic (exact) mass is 330 g/mol. The highest BCUT2D eigenvalue weighted by molar-refractivity contribution is 8.56. The molecular formula is C14H23N2O3PS. The van der Waals surface area contributed by atoms with Gasteiger partial charge in [-0.2, -0.15) is 0 Å². The van der Waals surface area contributed by atoms with E-state index in [1.165, 1.54) is 0 Å². The zero-order valence-electron chi connectivity index (χ0n) is 12.9. The maximum atomic E-state index is 12.5. The molecule has 7 heteroatoms. The second-order valence-electron chi connectivity index (χ2n) is 4.76. The number of benzene rings is 1. The van der Waals surface area contributed by atoms with Crippen molar-refractivity contribution in [2.45, 2.75) is 26.8 Å². The van der Waals surface area contributed by atoms with Gasteiger partial charge in [0.2, 0.25) is 5.91 Å². The van der Waals surface area contributed by atoms with Crippen LogP contribution < -0.4 is 9.99 Å². The van der Waals surface area contributed by atoms with Crippen LogP contribution >= 0.6 is 18.1 Å². The van der Waals surface area contributed by atoms with E-state index in [1.54, 1.807) is 18.9 Å². The van der Waals surface area contributed by atoms with Crippen LogP contribution in [0.3, 0.4) is 0 Å². The van der Waals surface area contributed by atoms with Gasteiger partial charge >= 0.3 is 6.72 Å². The molecule has 0 bridgehead atoms. The lowest BCUT2D eigenvalue weighted by atomic mass is 10.3. The molecular weight excluding hydrogens is 307 g/mol. The van der Waals surface area contributed by atoms with E-state index < -0.39 is 6.72 Å². The van der Waals surface area contributed by atoms with Crippen molar-refractivity contribution in [2.75, 3.05) is 24.3 Å².